The van der Waals surface area contributed by atoms with Gasteiger partial charge in [0.15, 0.2) is 0 Å². The summed E-state index contributed by atoms with van der Waals surface area (Å²) in [6.07, 6.45) is 1.99. The highest BCUT2D eigenvalue weighted by Crippen LogP contribution is 2.33. The lowest BCUT2D eigenvalue weighted by atomic mass is 9.97. The first-order valence-electron chi connectivity index (χ1n) is 4.85. The van der Waals surface area contributed by atoms with Crippen LogP contribution in [0.5, 0.6) is 0 Å². The van der Waals surface area contributed by atoms with E-state index in [0.29, 0.717) is 12.5 Å². The molecule has 0 radical (unpaired) electrons. The Morgan fingerprint density at radius 1 is 1.38 bits per heavy atom. The molecule has 70 valence electrons. The Bertz CT molecular complexity index is 285. The van der Waals surface area contributed by atoms with Gasteiger partial charge in [0.05, 0.1) is 0 Å². The monoisotopic (exact) mass is 177 g/mol. The van der Waals surface area contributed by atoms with Crippen molar-refractivity contribution in [3.63, 3.8) is 0 Å². The molecule has 0 fully saturated rings. The number of hydrogen-bond acceptors (Lipinski definition) is 2. The van der Waals surface area contributed by atoms with Crippen LogP contribution in [-0.4, -0.2) is 18.3 Å². The minimum atomic E-state index is 0.304. The fourth-order valence-electron chi connectivity index (χ4n) is 1.95. The van der Waals surface area contributed by atoms with Crippen LogP contribution in [0.4, 0.5) is 5.69 Å². The van der Waals surface area contributed by atoms with Gasteiger partial charge in [-0.3, -0.25) is 0 Å². The quantitative estimate of drug-likeness (QED) is 0.739. The maximum atomic E-state index is 8.75. The predicted octanol–water partition coefficient (Wildman–Crippen LogP) is 1.97. The van der Waals surface area contributed by atoms with E-state index in [1.807, 2.05) is 0 Å². The van der Waals surface area contributed by atoms with Crippen molar-refractivity contribution in [2.75, 3.05) is 18.5 Å². The van der Waals surface area contributed by atoms with Gasteiger partial charge >= 0.3 is 0 Å². The Morgan fingerprint density at radius 2 is 2.23 bits per heavy atom. The van der Waals surface area contributed by atoms with Crippen molar-refractivity contribution in [3.05, 3.63) is 29.8 Å². The lowest BCUT2D eigenvalue weighted by molar-refractivity contribution is 0.281. The Labute approximate surface area is 78.6 Å². The first kappa shape index (κ1) is 8.57. The zero-order chi connectivity index (χ0) is 9.10. The minimum absolute atomic E-state index is 0.304. The van der Waals surface area contributed by atoms with Gasteiger partial charge in [-0.25, -0.2) is 0 Å². The maximum Gasteiger partial charge on any atom is 0.0431 e. The Kier molecular flexibility index (Phi) is 2.50. The van der Waals surface area contributed by atoms with Crippen LogP contribution in [0.3, 0.4) is 0 Å². The fraction of sp³-hybridized carbons (Fsp3) is 0.455. The second kappa shape index (κ2) is 3.79. The topological polar surface area (TPSA) is 32.3 Å². The molecule has 1 aliphatic heterocycles. The van der Waals surface area contributed by atoms with Crippen molar-refractivity contribution in [1.82, 2.24) is 0 Å². The van der Waals surface area contributed by atoms with Crippen LogP contribution < -0.4 is 5.32 Å². The van der Waals surface area contributed by atoms with Crippen molar-refractivity contribution >= 4 is 5.69 Å². The first-order valence-corrected chi connectivity index (χ1v) is 4.85. The largest absolute Gasteiger partial charge is 0.396 e. The van der Waals surface area contributed by atoms with E-state index >= 15 is 0 Å². The summed E-state index contributed by atoms with van der Waals surface area (Å²) in [4.78, 5) is 0. The van der Waals surface area contributed by atoms with Gasteiger partial charge in [0.25, 0.3) is 0 Å². The summed E-state index contributed by atoms with van der Waals surface area (Å²) < 4.78 is 0. The number of hydrogen-bond donors (Lipinski definition) is 2. The molecule has 1 heterocycles. The molecule has 2 rings (SSSR count). The SMILES string of the molecule is OCCC[C@@H]1CNc2ccccc21. The summed E-state index contributed by atoms with van der Waals surface area (Å²) in [7, 11) is 0. The molecule has 0 aromatic heterocycles. The molecule has 0 amide bonds. The average Bonchev–Trinajstić information content (AvgIpc) is 2.58. The van der Waals surface area contributed by atoms with Gasteiger partial charge in [-0.1, -0.05) is 18.2 Å². The lowest BCUT2D eigenvalue weighted by Gasteiger charge is -2.07. The van der Waals surface area contributed by atoms with Gasteiger partial charge in [0.2, 0.25) is 0 Å². The van der Waals surface area contributed by atoms with E-state index in [4.69, 9.17) is 5.11 Å². The van der Waals surface area contributed by atoms with Gasteiger partial charge in [-0.15, -0.1) is 0 Å². The number of para-hydroxylation sites is 1. The number of rotatable bonds is 3. The molecule has 1 aromatic carbocycles. The highest BCUT2D eigenvalue weighted by molar-refractivity contribution is 5.57. The summed E-state index contributed by atoms with van der Waals surface area (Å²) in [6, 6.07) is 8.43. The van der Waals surface area contributed by atoms with Crippen LogP contribution >= 0.6 is 0 Å². The summed E-state index contributed by atoms with van der Waals surface area (Å²) in [5.41, 5.74) is 2.68. The number of anilines is 1. The van der Waals surface area contributed by atoms with Crippen molar-refractivity contribution in [2.24, 2.45) is 0 Å². The third kappa shape index (κ3) is 1.68. The molecular weight excluding hydrogens is 162 g/mol. The van der Waals surface area contributed by atoms with E-state index in [9.17, 15) is 0 Å². The molecular formula is C11H15NO. The number of nitrogens with one attached hydrogen (secondary N) is 1. The third-order valence-corrected chi connectivity index (χ3v) is 2.65. The van der Waals surface area contributed by atoms with Crippen LogP contribution in [0, 0.1) is 0 Å². The molecule has 2 nitrogen and oxygen atoms in total. The zero-order valence-corrected chi connectivity index (χ0v) is 7.66. The van der Waals surface area contributed by atoms with Gasteiger partial charge < -0.3 is 10.4 Å². The number of aliphatic hydroxyl groups excluding tert-OH is 1. The van der Waals surface area contributed by atoms with E-state index in [0.717, 1.165) is 19.4 Å². The molecule has 1 atom stereocenters. The summed E-state index contributed by atoms with van der Waals surface area (Å²) in [5, 5.41) is 12.1. The highest BCUT2D eigenvalue weighted by Gasteiger charge is 2.20. The number of benzene rings is 1. The smallest absolute Gasteiger partial charge is 0.0431 e. The van der Waals surface area contributed by atoms with Gasteiger partial charge in [-0.2, -0.15) is 0 Å². The molecule has 0 saturated heterocycles. The molecule has 0 unspecified atom stereocenters. The second-order valence-corrected chi connectivity index (χ2v) is 3.53. The zero-order valence-electron chi connectivity index (χ0n) is 7.66. The molecule has 2 heteroatoms. The first-order chi connectivity index (χ1) is 6.42. The molecule has 2 N–H and O–H groups in total. The van der Waals surface area contributed by atoms with Gasteiger partial charge in [0, 0.05) is 24.8 Å². The normalized spacial score (nSPS) is 19.6. The van der Waals surface area contributed by atoms with Crippen molar-refractivity contribution in [1.29, 1.82) is 0 Å². The second-order valence-electron chi connectivity index (χ2n) is 3.53. The number of fused-ring (bicyclic) bond motifs is 1. The minimum Gasteiger partial charge on any atom is -0.396 e. The Morgan fingerprint density at radius 3 is 3.08 bits per heavy atom. The molecule has 0 saturated carbocycles. The lowest BCUT2D eigenvalue weighted by Crippen LogP contribution is -2.02. The number of aliphatic hydroxyl groups is 1. The van der Waals surface area contributed by atoms with Crippen molar-refractivity contribution in [3.8, 4) is 0 Å². The molecule has 0 bridgehead atoms. The van der Waals surface area contributed by atoms with Crippen LogP contribution in [0.2, 0.25) is 0 Å². The van der Waals surface area contributed by atoms with E-state index in [2.05, 4.69) is 29.6 Å². The third-order valence-electron chi connectivity index (χ3n) is 2.65. The molecule has 0 aliphatic carbocycles. The van der Waals surface area contributed by atoms with Gasteiger partial charge in [-0.05, 0) is 24.5 Å². The van der Waals surface area contributed by atoms with Crippen LogP contribution in [0.25, 0.3) is 0 Å². The van der Waals surface area contributed by atoms with Crippen LogP contribution in [-0.2, 0) is 0 Å². The molecule has 1 aliphatic rings. The van der Waals surface area contributed by atoms with E-state index < -0.39 is 0 Å². The van der Waals surface area contributed by atoms with Crippen LogP contribution in [0.1, 0.15) is 24.3 Å². The van der Waals surface area contributed by atoms with E-state index in [-0.39, 0.29) is 0 Å². The van der Waals surface area contributed by atoms with E-state index in [1.165, 1.54) is 11.3 Å². The van der Waals surface area contributed by atoms with Crippen molar-refractivity contribution in [2.45, 2.75) is 18.8 Å². The molecule has 1 aromatic rings. The molecule has 13 heavy (non-hydrogen) atoms. The van der Waals surface area contributed by atoms with E-state index in [1.54, 1.807) is 0 Å². The Hall–Kier alpha value is -1.02. The Balaban J connectivity index is 2.09. The highest BCUT2D eigenvalue weighted by atomic mass is 16.2. The molecule has 0 spiro atoms. The fourth-order valence-corrected chi connectivity index (χ4v) is 1.95. The maximum absolute atomic E-state index is 8.75. The predicted molar refractivity (Wildman–Crippen MR) is 54.0 cm³/mol. The standard InChI is InChI=1S/C11H15NO/c13-7-3-4-9-8-12-11-6-2-1-5-10(9)11/h1-2,5-6,9,12-13H,3-4,7-8H2/t9-/m1/s1. The van der Waals surface area contributed by atoms with Crippen LogP contribution in [0.15, 0.2) is 24.3 Å². The van der Waals surface area contributed by atoms with Crippen molar-refractivity contribution < 1.29 is 5.11 Å². The van der Waals surface area contributed by atoms with Gasteiger partial charge in [0.1, 0.15) is 0 Å². The average molecular weight is 177 g/mol. The summed E-state index contributed by atoms with van der Waals surface area (Å²) in [6.45, 7) is 1.33. The summed E-state index contributed by atoms with van der Waals surface area (Å²) >= 11 is 0. The summed E-state index contributed by atoms with van der Waals surface area (Å²) in [5.74, 6) is 0.600.